The standard InChI is InChI=1S/C17H24N4O2S/c1-3-4-9-19-17(23)21-16(22)11-20-14-7-5-6-8-15(14)24-12-13(2)10-18/h5-8,13,20H,3-4,9,11-12H2,1-2H3,(H2,19,21,22,23)/t13-/m1/s1. The Kier molecular flexibility index (Phi) is 9.39. The SMILES string of the molecule is CCCCNC(=O)NC(=O)CNc1ccccc1SC[C@H](C)C#N. The van der Waals surface area contributed by atoms with Crippen molar-refractivity contribution in [2.24, 2.45) is 5.92 Å². The Labute approximate surface area is 147 Å². The van der Waals surface area contributed by atoms with Gasteiger partial charge >= 0.3 is 6.03 Å². The number of rotatable bonds is 9. The largest absolute Gasteiger partial charge is 0.375 e. The molecule has 7 heteroatoms. The summed E-state index contributed by atoms with van der Waals surface area (Å²) in [7, 11) is 0. The molecule has 1 rings (SSSR count). The van der Waals surface area contributed by atoms with Gasteiger partial charge in [0.1, 0.15) is 0 Å². The maximum atomic E-state index is 11.8. The van der Waals surface area contributed by atoms with Gasteiger partial charge in [-0.3, -0.25) is 10.1 Å². The fourth-order valence-electron chi connectivity index (χ4n) is 1.76. The molecule has 0 aliphatic rings. The second-order valence-electron chi connectivity index (χ2n) is 5.35. The van der Waals surface area contributed by atoms with Gasteiger partial charge in [-0.2, -0.15) is 5.26 Å². The predicted molar refractivity (Wildman–Crippen MR) is 96.9 cm³/mol. The number of imide groups is 1. The predicted octanol–water partition coefficient (Wildman–Crippen LogP) is 2.98. The second-order valence-corrected chi connectivity index (χ2v) is 6.41. The van der Waals surface area contributed by atoms with Crippen molar-refractivity contribution in [3.05, 3.63) is 24.3 Å². The van der Waals surface area contributed by atoms with Crippen LogP contribution in [0.25, 0.3) is 0 Å². The van der Waals surface area contributed by atoms with Crippen molar-refractivity contribution < 1.29 is 9.59 Å². The number of thioether (sulfide) groups is 1. The summed E-state index contributed by atoms with van der Waals surface area (Å²) < 4.78 is 0. The van der Waals surface area contributed by atoms with Crippen LogP contribution in [-0.4, -0.2) is 30.8 Å². The number of unbranched alkanes of at least 4 members (excludes halogenated alkanes) is 1. The Balaban J connectivity index is 2.45. The van der Waals surface area contributed by atoms with Gasteiger partial charge in [-0.25, -0.2) is 4.79 Å². The zero-order valence-corrected chi connectivity index (χ0v) is 14.9. The van der Waals surface area contributed by atoms with Gasteiger partial charge in [-0.1, -0.05) is 25.5 Å². The van der Waals surface area contributed by atoms with Gasteiger partial charge in [0, 0.05) is 22.9 Å². The second kappa shape index (κ2) is 11.4. The van der Waals surface area contributed by atoms with Crippen molar-refractivity contribution in [2.75, 3.05) is 24.2 Å². The zero-order valence-electron chi connectivity index (χ0n) is 14.1. The quantitative estimate of drug-likeness (QED) is 0.471. The van der Waals surface area contributed by atoms with Crippen LogP contribution in [0.4, 0.5) is 10.5 Å². The van der Waals surface area contributed by atoms with Crippen LogP contribution in [0, 0.1) is 17.2 Å². The fourth-order valence-corrected chi connectivity index (χ4v) is 2.73. The van der Waals surface area contributed by atoms with Crippen molar-refractivity contribution in [1.82, 2.24) is 10.6 Å². The molecule has 0 aromatic heterocycles. The molecule has 0 saturated heterocycles. The molecule has 1 aromatic carbocycles. The normalized spacial score (nSPS) is 11.2. The highest BCUT2D eigenvalue weighted by Gasteiger charge is 2.09. The van der Waals surface area contributed by atoms with E-state index in [0.717, 1.165) is 23.4 Å². The number of hydrogen-bond acceptors (Lipinski definition) is 5. The molecule has 1 aromatic rings. The molecule has 24 heavy (non-hydrogen) atoms. The van der Waals surface area contributed by atoms with Gasteiger partial charge in [-0.15, -0.1) is 11.8 Å². The van der Waals surface area contributed by atoms with Crippen molar-refractivity contribution in [2.45, 2.75) is 31.6 Å². The number of anilines is 1. The zero-order chi connectivity index (χ0) is 17.8. The van der Waals surface area contributed by atoms with E-state index in [4.69, 9.17) is 5.26 Å². The molecule has 0 radical (unpaired) electrons. The Morgan fingerprint density at radius 1 is 1.33 bits per heavy atom. The Morgan fingerprint density at radius 2 is 2.08 bits per heavy atom. The first-order valence-corrected chi connectivity index (χ1v) is 8.98. The van der Waals surface area contributed by atoms with Crippen molar-refractivity contribution >= 4 is 29.4 Å². The molecule has 1 atom stereocenters. The lowest BCUT2D eigenvalue weighted by Gasteiger charge is -2.12. The molecule has 0 heterocycles. The number of carbonyl (C=O) groups is 2. The van der Waals surface area contributed by atoms with Crippen LogP contribution in [0.5, 0.6) is 0 Å². The minimum atomic E-state index is -0.472. The summed E-state index contributed by atoms with van der Waals surface area (Å²) in [6.07, 6.45) is 1.86. The van der Waals surface area contributed by atoms with Crippen LogP contribution in [0.2, 0.25) is 0 Å². The van der Waals surface area contributed by atoms with E-state index in [0.29, 0.717) is 12.3 Å². The number of amides is 3. The number of benzene rings is 1. The summed E-state index contributed by atoms with van der Waals surface area (Å²) in [5.74, 6) is 0.244. The van der Waals surface area contributed by atoms with E-state index in [1.54, 1.807) is 11.8 Å². The molecule has 130 valence electrons. The third-order valence-corrected chi connectivity index (χ3v) is 4.44. The molecule has 0 fully saturated rings. The van der Waals surface area contributed by atoms with Gasteiger partial charge in [0.25, 0.3) is 0 Å². The van der Waals surface area contributed by atoms with Crippen molar-refractivity contribution in [3.8, 4) is 6.07 Å². The number of nitrogens with zero attached hydrogens (tertiary/aromatic N) is 1. The first kappa shape index (κ1) is 19.8. The number of carbonyl (C=O) groups excluding carboxylic acids is 2. The number of nitrogens with one attached hydrogen (secondary N) is 3. The van der Waals surface area contributed by atoms with Crippen molar-refractivity contribution in [3.63, 3.8) is 0 Å². The van der Waals surface area contributed by atoms with Crippen LogP contribution in [0.3, 0.4) is 0 Å². The molecule has 0 aliphatic carbocycles. The molecule has 0 unspecified atom stereocenters. The van der Waals surface area contributed by atoms with Crippen LogP contribution in [0.15, 0.2) is 29.2 Å². The van der Waals surface area contributed by atoms with Crippen LogP contribution in [0.1, 0.15) is 26.7 Å². The molecule has 0 spiro atoms. The minimum absolute atomic E-state index is 0.00652. The maximum absolute atomic E-state index is 11.8. The first-order chi connectivity index (χ1) is 11.6. The third kappa shape index (κ3) is 7.88. The average Bonchev–Trinajstić information content (AvgIpc) is 2.58. The summed E-state index contributed by atoms with van der Waals surface area (Å²) in [4.78, 5) is 24.3. The molecular weight excluding hydrogens is 324 g/mol. The van der Waals surface area contributed by atoms with Gasteiger partial charge in [0.05, 0.1) is 18.5 Å². The van der Waals surface area contributed by atoms with E-state index in [9.17, 15) is 9.59 Å². The lowest BCUT2D eigenvalue weighted by Crippen LogP contribution is -2.42. The Bertz CT molecular complexity index is 586. The van der Waals surface area contributed by atoms with E-state index in [-0.39, 0.29) is 12.5 Å². The Morgan fingerprint density at radius 3 is 2.79 bits per heavy atom. The number of nitriles is 1. The number of hydrogen-bond donors (Lipinski definition) is 3. The van der Waals surface area contributed by atoms with E-state index >= 15 is 0 Å². The van der Waals surface area contributed by atoms with Gasteiger partial charge in [-0.05, 0) is 25.5 Å². The van der Waals surface area contributed by atoms with Crippen LogP contribution >= 0.6 is 11.8 Å². The van der Waals surface area contributed by atoms with E-state index in [2.05, 4.69) is 22.0 Å². The first-order valence-electron chi connectivity index (χ1n) is 7.99. The fraction of sp³-hybridized carbons (Fsp3) is 0.471. The lowest BCUT2D eigenvalue weighted by atomic mass is 10.3. The Hall–Kier alpha value is -2.20. The van der Waals surface area contributed by atoms with Crippen LogP contribution in [-0.2, 0) is 4.79 Å². The highest BCUT2D eigenvalue weighted by atomic mass is 32.2. The summed E-state index contributed by atoms with van der Waals surface area (Å²) in [6, 6.07) is 9.31. The molecular formula is C17H24N4O2S. The van der Waals surface area contributed by atoms with E-state index < -0.39 is 11.9 Å². The molecule has 0 saturated carbocycles. The number of urea groups is 1. The van der Waals surface area contributed by atoms with E-state index in [1.807, 2.05) is 38.1 Å². The monoisotopic (exact) mass is 348 g/mol. The third-order valence-electron chi connectivity index (χ3n) is 3.10. The van der Waals surface area contributed by atoms with Gasteiger partial charge in [0.2, 0.25) is 5.91 Å². The smallest absolute Gasteiger partial charge is 0.321 e. The van der Waals surface area contributed by atoms with Gasteiger partial charge < -0.3 is 10.6 Å². The highest BCUT2D eigenvalue weighted by molar-refractivity contribution is 7.99. The highest BCUT2D eigenvalue weighted by Crippen LogP contribution is 2.28. The van der Waals surface area contributed by atoms with Gasteiger partial charge in [0.15, 0.2) is 0 Å². The number of para-hydroxylation sites is 1. The van der Waals surface area contributed by atoms with Crippen molar-refractivity contribution in [1.29, 1.82) is 5.26 Å². The summed E-state index contributed by atoms with van der Waals surface area (Å²) in [5.41, 5.74) is 0.814. The molecule has 0 aliphatic heterocycles. The summed E-state index contributed by atoms with van der Waals surface area (Å²) >= 11 is 1.56. The molecule has 0 bridgehead atoms. The molecule has 6 nitrogen and oxygen atoms in total. The topological polar surface area (TPSA) is 94.0 Å². The summed E-state index contributed by atoms with van der Waals surface area (Å²) in [5, 5.41) is 16.8. The van der Waals surface area contributed by atoms with Crippen LogP contribution < -0.4 is 16.0 Å². The molecule has 3 N–H and O–H groups in total. The van der Waals surface area contributed by atoms with E-state index in [1.165, 1.54) is 0 Å². The average molecular weight is 348 g/mol. The molecule has 3 amide bonds. The summed E-state index contributed by atoms with van der Waals surface area (Å²) in [6.45, 7) is 4.46. The lowest BCUT2D eigenvalue weighted by molar-refractivity contribution is -0.118. The maximum Gasteiger partial charge on any atom is 0.321 e. The minimum Gasteiger partial charge on any atom is -0.375 e.